The van der Waals surface area contributed by atoms with E-state index in [0.717, 1.165) is 42.1 Å². The molecule has 90 valence electrons. The molecule has 0 atom stereocenters. The highest BCUT2D eigenvalue weighted by atomic mass is 16.5. The number of nitriles is 1. The molecular weight excluding hydrogens is 226 g/mol. The van der Waals surface area contributed by atoms with Gasteiger partial charge < -0.3 is 9.42 Å². The Bertz CT molecular complexity index is 624. The zero-order valence-corrected chi connectivity index (χ0v) is 10.2. The molecule has 0 saturated heterocycles. The maximum atomic E-state index is 8.94. The molecule has 0 saturated carbocycles. The highest BCUT2D eigenvalue weighted by Gasteiger charge is 2.22. The zero-order chi connectivity index (χ0) is 12.5. The van der Waals surface area contributed by atoms with Crippen LogP contribution < -0.4 is 0 Å². The van der Waals surface area contributed by atoms with Gasteiger partial charge in [-0.2, -0.15) is 5.26 Å². The van der Waals surface area contributed by atoms with Crippen molar-refractivity contribution in [3.05, 3.63) is 41.1 Å². The molecule has 1 aromatic carbocycles. The van der Waals surface area contributed by atoms with E-state index in [1.54, 1.807) is 6.07 Å². The molecule has 4 heteroatoms. The summed E-state index contributed by atoms with van der Waals surface area (Å²) < 4.78 is 5.47. The van der Waals surface area contributed by atoms with E-state index < -0.39 is 0 Å². The maximum Gasteiger partial charge on any atom is 0.171 e. The SMILES string of the molecule is CN1CCc2noc(-c3cccc(C#N)c3)c2C1. The third-order valence-corrected chi connectivity index (χ3v) is 3.28. The summed E-state index contributed by atoms with van der Waals surface area (Å²) in [5, 5.41) is 13.1. The number of benzene rings is 1. The first-order valence-electron chi connectivity index (χ1n) is 5.94. The molecule has 0 fully saturated rings. The molecule has 0 aliphatic carbocycles. The molecule has 0 unspecified atom stereocenters. The molecule has 18 heavy (non-hydrogen) atoms. The van der Waals surface area contributed by atoms with E-state index in [1.165, 1.54) is 0 Å². The minimum Gasteiger partial charge on any atom is -0.356 e. The topological polar surface area (TPSA) is 53.1 Å². The molecule has 0 bridgehead atoms. The zero-order valence-electron chi connectivity index (χ0n) is 10.2. The van der Waals surface area contributed by atoms with E-state index >= 15 is 0 Å². The molecule has 1 aliphatic rings. The molecule has 0 spiro atoms. The Morgan fingerprint density at radius 2 is 2.33 bits per heavy atom. The normalized spacial score (nSPS) is 15.1. The van der Waals surface area contributed by atoms with Crippen LogP contribution in [0.5, 0.6) is 0 Å². The molecule has 1 aromatic heterocycles. The fourth-order valence-corrected chi connectivity index (χ4v) is 2.30. The van der Waals surface area contributed by atoms with Gasteiger partial charge in [-0.3, -0.25) is 0 Å². The summed E-state index contributed by atoms with van der Waals surface area (Å²) in [6.07, 6.45) is 0.924. The van der Waals surface area contributed by atoms with Gasteiger partial charge in [0.15, 0.2) is 5.76 Å². The molecule has 3 rings (SSSR count). The van der Waals surface area contributed by atoms with Crippen molar-refractivity contribution in [2.75, 3.05) is 13.6 Å². The lowest BCUT2D eigenvalue weighted by Gasteiger charge is -2.21. The Balaban J connectivity index is 2.07. The highest BCUT2D eigenvalue weighted by molar-refractivity contribution is 5.64. The van der Waals surface area contributed by atoms with Gasteiger partial charge in [-0.05, 0) is 19.2 Å². The van der Waals surface area contributed by atoms with E-state index in [4.69, 9.17) is 9.78 Å². The van der Waals surface area contributed by atoms with Crippen LogP contribution in [-0.4, -0.2) is 23.6 Å². The van der Waals surface area contributed by atoms with Gasteiger partial charge in [0.1, 0.15) is 0 Å². The smallest absolute Gasteiger partial charge is 0.171 e. The van der Waals surface area contributed by atoms with Crippen molar-refractivity contribution in [2.24, 2.45) is 0 Å². The molecule has 1 aliphatic heterocycles. The van der Waals surface area contributed by atoms with E-state index in [-0.39, 0.29) is 0 Å². The predicted molar refractivity (Wildman–Crippen MR) is 66.7 cm³/mol. The number of likely N-dealkylation sites (N-methyl/N-ethyl adjacent to an activating group) is 1. The van der Waals surface area contributed by atoms with Crippen molar-refractivity contribution in [3.63, 3.8) is 0 Å². The van der Waals surface area contributed by atoms with Gasteiger partial charge in [-0.1, -0.05) is 17.3 Å². The molecule has 0 N–H and O–H groups in total. The van der Waals surface area contributed by atoms with Crippen LogP contribution in [0, 0.1) is 11.3 Å². The molecule has 0 radical (unpaired) electrons. The lowest BCUT2D eigenvalue weighted by atomic mass is 10.0. The van der Waals surface area contributed by atoms with Gasteiger partial charge in [-0.15, -0.1) is 0 Å². The summed E-state index contributed by atoms with van der Waals surface area (Å²) in [5.41, 5.74) is 3.77. The second kappa shape index (κ2) is 4.28. The summed E-state index contributed by atoms with van der Waals surface area (Å²) in [6, 6.07) is 9.60. The Labute approximate surface area is 105 Å². The fraction of sp³-hybridized carbons (Fsp3) is 0.286. The Morgan fingerprint density at radius 1 is 1.44 bits per heavy atom. The van der Waals surface area contributed by atoms with Crippen LogP contribution in [0.15, 0.2) is 28.8 Å². The van der Waals surface area contributed by atoms with Crippen LogP contribution in [-0.2, 0) is 13.0 Å². The second-order valence-electron chi connectivity index (χ2n) is 4.62. The maximum absolute atomic E-state index is 8.94. The molecule has 2 heterocycles. The number of rotatable bonds is 1. The number of hydrogen-bond donors (Lipinski definition) is 0. The molecular formula is C14H13N3O. The first-order chi connectivity index (χ1) is 8.78. The summed E-state index contributed by atoms with van der Waals surface area (Å²) in [6.45, 7) is 1.86. The van der Waals surface area contributed by atoms with Gasteiger partial charge in [-0.25, -0.2) is 0 Å². The van der Waals surface area contributed by atoms with Crippen molar-refractivity contribution >= 4 is 0 Å². The monoisotopic (exact) mass is 239 g/mol. The minimum atomic E-state index is 0.641. The van der Waals surface area contributed by atoms with Crippen LogP contribution in [0.1, 0.15) is 16.8 Å². The van der Waals surface area contributed by atoms with Gasteiger partial charge in [0.25, 0.3) is 0 Å². The summed E-state index contributed by atoms with van der Waals surface area (Å²) in [7, 11) is 2.09. The number of nitrogens with zero attached hydrogens (tertiary/aromatic N) is 3. The van der Waals surface area contributed by atoms with Gasteiger partial charge in [0.05, 0.1) is 17.3 Å². The van der Waals surface area contributed by atoms with Crippen LogP contribution in [0.3, 0.4) is 0 Å². The third-order valence-electron chi connectivity index (χ3n) is 3.28. The quantitative estimate of drug-likeness (QED) is 0.765. The molecule has 4 nitrogen and oxygen atoms in total. The average molecular weight is 239 g/mol. The van der Waals surface area contributed by atoms with Crippen molar-refractivity contribution in [1.29, 1.82) is 5.26 Å². The number of aromatic nitrogens is 1. The lowest BCUT2D eigenvalue weighted by Crippen LogP contribution is -2.26. The van der Waals surface area contributed by atoms with Crippen molar-refractivity contribution in [1.82, 2.24) is 10.1 Å². The first-order valence-corrected chi connectivity index (χ1v) is 5.94. The lowest BCUT2D eigenvalue weighted by molar-refractivity contribution is 0.311. The Kier molecular flexibility index (Phi) is 2.62. The van der Waals surface area contributed by atoms with Gasteiger partial charge in [0.2, 0.25) is 0 Å². The van der Waals surface area contributed by atoms with Crippen LogP contribution >= 0.6 is 0 Å². The van der Waals surface area contributed by atoms with E-state index in [0.29, 0.717) is 5.56 Å². The molecule has 0 amide bonds. The van der Waals surface area contributed by atoms with Crippen LogP contribution in [0.4, 0.5) is 0 Å². The molecule has 2 aromatic rings. The van der Waals surface area contributed by atoms with Crippen molar-refractivity contribution in [2.45, 2.75) is 13.0 Å². The summed E-state index contributed by atoms with van der Waals surface area (Å²) in [5.74, 6) is 0.800. The standard InChI is InChI=1S/C14H13N3O/c1-17-6-5-13-12(9-17)14(18-16-13)11-4-2-3-10(7-11)8-15/h2-4,7H,5-6,9H2,1H3. The van der Waals surface area contributed by atoms with Gasteiger partial charge >= 0.3 is 0 Å². The van der Waals surface area contributed by atoms with Crippen molar-refractivity contribution in [3.8, 4) is 17.4 Å². The summed E-state index contributed by atoms with van der Waals surface area (Å²) >= 11 is 0. The van der Waals surface area contributed by atoms with Crippen molar-refractivity contribution < 1.29 is 4.52 Å². The van der Waals surface area contributed by atoms with E-state index in [9.17, 15) is 0 Å². The third kappa shape index (κ3) is 1.79. The van der Waals surface area contributed by atoms with E-state index in [2.05, 4.69) is 23.2 Å². The summed E-state index contributed by atoms with van der Waals surface area (Å²) in [4.78, 5) is 2.25. The highest BCUT2D eigenvalue weighted by Crippen LogP contribution is 2.30. The van der Waals surface area contributed by atoms with Gasteiger partial charge in [0, 0.05) is 30.6 Å². The predicted octanol–water partition coefficient (Wildman–Crippen LogP) is 2.20. The number of fused-ring (bicyclic) bond motifs is 1. The first kappa shape index (κ1) is 11.0. The largest absolute Gasteiger partial charge is 0.356 e. The minimum absolute atomic E-state index is 0.641. The van der Waals surface area contributed by atoms with Crippen LogP contribution in [0.2, 0.25) is 0 Å². The number of hydrogen-bond acceptors (Lipinski definition) is 4. The second-order valence-corrected chi connectivity index (χ2v) is 4.62. The van der Waals surface area contributed by atoms with E-state index in [1.807, 2.05) is 18.2 Å². The Morgan fingerprint density at radius 3 is 3.17 bits per heavy atom. The average Bonchev–Trinajstić information content (AvgIpc) is 2.81. The Hall–Kier alpha value is -2.12. The fourth-order valence-electron chi connectivity index (χ4n) is 2.30. The van der Waals surface area contributed by atoms with Crippen LogP contribution in [0.25, 0.3) is 11.3 Å².